The lowest BCUT2D eigenvalue weighted by Crippen LogP contribution is -2.14. The number of nitrogens with zero attached hydrogens (tertiary/aromatic N) is 3. The summed E-state index contributed by atoms with van der Waals surface area (Å²) in [5.74, 6) is 0.714. The van der Waals surface area contributed by atoms with Gasteiger partial charge in [0.05, 0.1) is 17.1 Å². The lowest BCUT2D eigenvalue weighted by Gasteiger charge is -2.22. The van der Waals surface area contributed by atoms with Crippen LogP contribution < -0.4 is 0 Å². The molecule has 0 aliphatic heterocycles. The van der Waals surface area contributed by atoms with Crippen molar-refractivity contribution in [1.82, 2.24) is 15.0 Å². The minimum absolute atomic E-state index is 0.0749. The summed E-state index contributed by atoms with van der Waals surface area (Å²) in [6, 6.07) is 56.5. The number of benzene rings is 6. The van der Waals surface area contributed by atoms with Crippen molar-refractivity contribution in [1.29, 1.82) is 0 Å². The van der Waals surface area contributed by atoms with Crippen LogP contribution in [0.2, 0.25) is 0 Å². The lowest BCUT2D eigenvalue weighted by atomic mass is 9.82. The van der Waals surface area contributed by atoms with Crippen molar-refractivity contribution in [3.63, 3.8) is 0 Å². The van der Waals surface area contributed by atoms with Crippen molar-refractivity contribution < 1.29 is 0 Å². The Morgan fingerprint density at radius 2 is 0.926 bits per heavy atom. The topological polar surface area (TPSA) is 38.7 Å². The molecule has 0 radical (unpaired) electrons. The SMILES string of the molecule is CC1(C)c2ccccc2-c2ccc(-c3cc(-c4ccc(-c5cccnc5-c5cccc6c5-c5ccccc5C6(C)C)cc4)nc(-c4ccccc4)n3)cc21. The van der Waals surface area contributed by atoms with Crippen LogP contribution in [0.4, 0.5) is 0 Å². The standard InChI is InChI=1S/C51H39N3/c1-50(2)42-21-11-9-17-39(42)47-40(18-12-22-43(47)50)48-36(19-13-29-52-48)32-23-25-33(26-24-32)45-31-46(54-49(53-45)34-14-6-5-7-15-34)35-27-28-38-37-16-8-10-20-41(37)51(3,4)44(38)30-35/h5-31H,1-4H3. The molecule has 10 rings (SSSR count). The fraction of sp³-hybridized carbons (Fsp3) is 0.118. The normalized spacial score (nSPS) is 14.2. The summed E-state index contributed by atoms with van der Waals surface area (Å²) in [6.07, 6.45) is 1.91. The summed E-state index contributed by atoms with van der Waals surface area (Å²) in [6.45, 7) is 9.29. The lowest BCUT2D eigenvalue weighted by molar-refractivity contribution is 0.660. The highest BCUT2D eigenvalue weighted by Crippen LogP contribution is 2.53. The molecule has 54 heavy (non-hydrogen) atoms. The quantitative estimate of drug-likeness (QED) is 0.180. The van der Waals surface area contributed by atoms with Crippen LogP contribution in [0, 0.1) is 0 Å². The molecule has 0 spiro atoms. The van der Waals surface area contributed by atoms with Crippen molar-refractivity contribution in [3.05, 3.63) is 186 Å². The third kappa shape index (κ3) is 4.92. The Kier molecular flexibility index (Phi) is 7.19. The van der Waals surface area contributed by atoms with Gasteiger partial charge in [0.2, 0.25) is 0 Å². The highest BCUT2D eigenvalue weighted by atomic mass is 14.9. The first-order valence-electron chi connectivity index (χ1n) is 18.8. The van der Waals surface area contributed by atoms with Crippen molar-refractivity contribution in [2.24, 2.45) is 0 Å². The molecule has 258 valence electrons. The Morgan fingerprint density at radius 1 is 0.370 bits per heavy atom. The zero-order valence-corrected chi connectivity index (χ0v) is 30.9. The van der Waals surface area contributed by atoms with Gasteiger partial charge in [-0.15, -0.1) is 0 Å². The second-order valence-electron chi connectivity index (χ2n) is 15.6. The van der Waals surface area contributed by atoms with Gasteiger partial charge in [0.25, 0.3) is 0 Å². The molecule has 6 aromatic carbocycles. The van der Waals surface area contributed by atoms with E-state index >= 15 is 0 Å². The summed E-state index contributed by atoms with van der Waals surface area (Å²) in [4.78, 5) is 15.3. The van der Waals surface area contributed by atoms with E-state index in [0.717, 1.165) is 44.9 Å². The number of pyridine rings is 1. The molecule has 3 heteroatoms. The Balaban J connectivity index is 1.06. The maximum atomic E-state index is 5.17. The molecular weight excluding hydrogens is 655 g/mol. The molecule has 0 atom stereocenters. The van der Waals surface area contributed by atoms with Gasteiger partial charge in [0, 0.05) is 44.8 Å². The molecule has 3 nitrogen and oxygen atoms in total. The summed E-state index contributed by atoms with van der Waals surface area (Å²) >= 11 is 0. The summed E-state index contributed by atoms with van der Waals surface area (Å²) < 4.78 is 0. The number of rotatable bonds is 5. The number of hydrogen-bond donors (Lipinski definition) is 0. The molecule has 0 N–H and O–H groups in total. The van der Waals surface area contributed by atoms with E-state index in [1.807, 2.05) is 30.5 Å². The third-order valence-corrected chi connectivity index (χ3v) is 11.8. The van der Waals surface area contributed by atoms with Crippen LogP contribution >= 0.6 is 0 Å². The maximum absolute atomic E-state index is 5.17. The van der Waals surface area contributed by atoms with Gasteiger partial charge in [-0.1, -0.05) is 167 Å². The fourth-order valence-electron chi connectivity index (χ4n) is 8.95. The van der Waals surface area contributed by atoms with Gasteiger partial charge < -0.3 is 0 Å². The van der Waals surface area contributed by atoms with Crippen LogP contribution in [-0.2, 0) is 10.8 Å². The van der Waals surface area contributed by atoms with Crippen LogP contribution in [0.3, 0.4) is 0 Å². The summed E-state index contributed by atoms with van der Waals surface area (Å²) in [5, 5.41) is 0. The number of aromatic nitrogens is 3. The van der Waals surface area contributed by atoms with E-state index in [-0.39, 0.29) is 10.8 Å². The second kappa shape index (κ2) is 12.0. The third-order valence-electron chi connectivity index (χ3n) is 11.8. The van der Waals surface area contributed by atoms with Crippen LogP contribution in [0.5, 0.6) is 0 Å². The molecule has 0 unspecified atom stereocenters. The van der Waals surface area contributed by atoms with Gasteiger partial charge in [-0.3, -0.25) is 4.98 Å². The monoisotopic (exact) mass is 693 g/mol. The fourth-order valence-corrected chi connectivity index (χ4v) is 8.95. The molecule has 8 aromatic rings. The summed E-state index contributed by atoms with van der Waals surface area (Å²) in [7, 11) is 0. The van der Waals surface area contributed by atoms with E-state index in [1.54, 1.807) is 0 Å². The van der Waals surface area contributed by atoms with Gasteiger partial charge in [-0.2, -0.15) is 0 Å². The first kappa shape index (κ1) is 32.2. The average Bonchev–Trinajstić information content (AvgIpc) is 3.60. The Bertz CT molecular complexity index is 2760. The predicted octanol–water partition coefficient (Wildman–Crippen LogP) is 12.8. The Labute approximate surface area is 317 Å². The molecule has 0 saturated carbocycles. The first-order chi connectivity index (χ1) is 26.3. The van der Waals surface area contributed by atoms with Gasteiger partial charge in [-0.05, 0) is 68.3 Å². The zero-order valence-electron chi connectivity index (χ0n) is 30.9. The molecule has 2 aromatic heterocycles. The van der Waals surface area contributed by atoms with Crippen molar-refractivity contribution in [2.45, 2.75) is 38.5 Å². The molecule has 0 amide bonds. The molecular formula is C51H39N3. The molecule has 2 aliphatic rings. The van der Waals surface area contributed by atoms with Crippen molar-refractivity contribution in [2.75, 3.05) is 0 Å². The smallest absolute Gasteiger partial charge is 0.160 e. The number of fused-ring (bicyclic) bond motifs is 6. The van der Waals surface area contributed by atoms with E-state index in [1.165, 1.54) is 50.1 Å². The van der Waals surface area contributed by atoms with E-state index in [0.29, 0.717) is 5.82 Å². The van der Waals surface area contributed by atoms with E-state index in [9.17, 15) is 0 Å². The van der Waals surface area contributed by atoms with Gasteiger partial charge >= 0.3 is 0 Å². The number of hydrogen-bond acceptors (Lipinski definition) is 3. The first-order valence-corrected chi connectivity index (χ1v) is 18.8. The maximum Gasteiger partial charge on any atom is 0.160 e. The predicted molar refractivity (Wildman–Crippen MR) is 222 cm³/mol. The van der Waals surface area contributed by atoms with Crippen molar-refractivity contribution >= 4 is 0 Å². The van der Waals surface area contributed by atoms with Crippen molar-refractivity contribution in [3.8, 4) is 78.5 Å². The van der Waals surface area contributed by atoms with Crippen LogP contribution in [-0.4, -0.2) is 15.0 Å². The van der Waals surface area contributed by atoms with E-state index in [4.69, 9.17) is 15.0 Å². The second-order valence-corrected chi connectivity index (χ2v) is 15.6. The highest BCUT2D eigenvalue weighted by Gasteiger charge is 2.37. The van der Waals surface area contributed by atoms with Crippen LogP contribution in [0.1, 0.15) is 49.9 Å². The minimum atomic E-state index is -0.0968. The van der Waals surface area contributed by atoms with E-state index in [2.05, 4.69) is 161 Å². The molecule has 0 bridgehead atoms. The average molecular weight is 694 g/mol. The highest BCUT2D eigenvalue weighted by molar-refractivity contribution is 5.95. The van der Waals surface area contributed by atoms with Gasteiger partial charge in [0.1, 0.15) is 0 Å². The molecule has 0 fully saturated rings. The molecule has 2 heterocycles. The zero-order chi connectivity index (χ0) is 36.6. The minimum Gasteiger partial charge on any atom is -0.256 e. The van der Waals surface area contributed by atoms with Gasteiger partial charge in [-0.25, -0.2) is 9.97 Å². The Hall–Kier alpha value is -6.45. The van der Waals surface area contributed by atoms with Crippen LogP contribution in [0.15, 0.2) is 164 Å². The molecule has 2 aliphatic carbocycles. The van der Waals surface area contributed by atoms with Gasteiger partial charge in [0.15, 0.2) is 5.82 Å². The van der Waals surface area contributed by atoms with E-state index < -0.39 is 0 Å². The van der Waals surface area contributed by atoms with Crippen LogP contribution in [0.25, 0.3) is 78.5 Å². The largest absolute Gasteiger partial charge is 0.256 e. The molecule has 0 saturated heterocycles. The summed E-state index contributed by atoms with van der Waals surface area (Å²) in [5.41, 5.74) is 19.7. The Morgan fingerprint density at radius 3 is 1.70 bits per heavy atom.